The van der Waals surface area contributed by atoms with Gasteiger partial charge < -0.3 is 14.2 Å². The van der Waals surface area contributed by atoms with Crippen molar-refractivity contribution >= 4 is 41.3 Å². The fourth-order valence-electron chi connectivity index (χ4n) is 2.70. The normalized spacial score (nSPS) is 10.7. The van der Waals surface area contributed by atoms with Crippen molar-refractivity contribution in [2.24, 2.45) is 5.10 Å². The van der Waals surface area contributed by atoms with Crippen LogP contribution in [0.25, 0.3) is 0 Å². The number of methoxy groups -OCH3 is 1. The van der Waals surface area contributed by atoms with Gasteiger partial charge >= 0.3 is 5.97 Å². The number of carbonyl (C=O) groups is 2. The molecule has 0 radical (unpaired) electrons. The summed E-state index contributed by atoms with van der Waals surface area (Å²) in [6.07, 6.45) is 1.43. The van der Waals surface area contributed by atoms with Gasteiger partial charge in [-0.15, -0.1) is 0 Å². The average molecular weight is 487 g/mol. The first kappa shape index (κ1) is 24.1. The number of halogens is 2. The Bertz CT molecular complexity index is 1200. The molecule has 0 fully saturated rings. The number of benzene rings is 3. The number of hydrazone groups is 1. The van der Waals surface area contributed by atoms with E-state index < -0.39 is 11.9 Å². The van der Waals surface area contributed by atoms with Crippen LogP contribution in [-0.2, 0) is 4.79 Å². The van der Waals surface area contributed by atoms with Gasteiger partial charge in [0.15, 0.2) is 18.1 Å². The Kier molecular flexibility index (Phi) is 8.29. The number of aryl methyl sites for hydroxylation is 1. The number of nitrogens with zero attached hydrogens (tertiary/aromatic N) is 1. The van der Waals surface area contributed by atoms with E-state index in [1.165, 1.54) is 31.5 Å². The van der Waals surface area contributed by atoms with Crippen LogP contribution in [0, 0.1) is 6.92 Å². The van der Waals surface area contributed by atoms with Crippen molar-refractivity contribution in [3.63, 3.8) is 0 Å². The van der Waals surface area contributed by atoms with Crippen LogP contribution >= 0.6 is 23.2 Å². The molecule has 170 valence electrons. The zero-order chi connectivity index (χ0) is 23.8. The first-order chi connectivity index (χ1) is 15.9. The van der Waals surface area contributed by atoms with Gasteiger partial charge in [0.25, 0.3) is 5.91 Å². The summed E-state index contributed by atoms with van der Waals surface area (Å²) < 4.78 is 16.2. The first-order valence-electron chi connectivity index (χ1n) is 9.73. The number of hydrogen-bond donors (Lipinski definition) is 1. The van der Waals surface area contributed by atoms with Gasteiger partial charge in [-0.1, -0.05) is 41.4 Å². The second kappa shape index (κ2) is 11.4. The molecule has 0 aromatic heterocycles. The molecule has 0 saturated heterocycles. The zero-order valence-electron chi connectivity index (χ0n) is 17.8. The number of amides is 1. The number of rotatable bonds is 8. The van der Waals surface area contributed by atoms with Crippen LogP contribution in [0.3, 0.4) is 0 Å². The van der Waals surface area contributed by atoms with E-state index in [0.29, 0.717) is 22.1 Å². The maximum Gasteiger partial charge on any atom is 0.343 e. The lowest BCUT2D eigenvalue weighted by Crippen LogP contribution is -2.24. The van der Waals surface area contributed by atoms with Gasteiger partial charge in [0.1, 0.15) is 5.75 Å². The van der Waals surface area contributed by atoms with Gasteiger partial charge in [-0.3, -0.25) is 4.79 Å². The topological polar surface area (TPSA) is 86.2 Å². The third-order valence-electron chi connectivity index (χ3n) is 4.40. The highest BCUT2D eigenvalue weighted by atomic mass is 35.5. The summed E-state index contributed by atoms with van der Waals surface area (Å²) >= 11 is 11.8. The lowest BCUT2D eigenvalue weighted by atomic mass is 10.2. The molecule has 0 unspecified atom stereocenters. The molecule has 3 aromatic carbocycles. The van der Waals surface area contributed by atoms with Gasteiger partial charge in [-0.2, -0.15) is 5.10 Å². The lowest BCUT2D eigenvalue weighted by molar-refractivity contribution is -0.123. The zero-order valence-corrected chi connectivity index (χ0v) is 19.3. The van der Waals surface area contributed by atoms with E-state index in [1.807, 2.05) is 25.1 Å². The third-order valence-corrected chi connectivity index (χ3v) is 5.14. The van der Waals surface area contributed by atoms with Crippen molar-refractivity contribution in [1.29, 1.82) is 0 Å². The Hall–Kier alpha value is -3.55. The molecule has 0 aliphatic carbocycles. The lowest BCUT2D eigenvalue weighted by Gasteiger charge is -2.10. The van der Waals surface area contributed by atoms with Crippen LogP contribution < -0.4 is 19.6 Å². The van der Waals surface area contributed by atoms with Gasteiger partial charge in [0.2, 0.25) is 0 Å². The van der Waals surface area contributed by atoms with Crippen LogP contribution in [0.2, 0.25) is 10.0 Å². The van der Waals surface area contributed by atoms with Crippen LogP contribution in [0.1, 0.15) is 21.5 Å². The van der Waals surface area contributed by atoms with Crippen LogP contribution in [0.15, 0.2) is 65.8 Å². The predicted molar refractivity (Wildman–Crippen MR) is 127 cm³/mol. The van der Waals surface area contributed by atoms with Gasteiger partial charge in [0, 0.05) is 0 Å². The van der Waals surface area contributed by atoms with E-state index in [0.717, 1.165) is 5.56 Å². The fraction of sp³-hybridized carbons (Fsp3) is 0.125. The Morgan fingerprint density at radius 2 is 1.76 bits per heavy atom. The Balaban J connectivity index is 1.59. The number of hydrogen-bond acceptors (Lipinski definition) is 6. The smallest absolute Gasteiger partial charge is 0.343 e. The summed E-state index contributed by atoms with van der Waals surface area (Å²) in [6.45, 7) is 1.72. The molecule has 0 saturated carbocycles. The summed E-state index contributed by atoms with van der Waals surface area (Å²) in [4.78, 5) is 24.3. The maximum absolute atomic E-state index is 12.4. The molecule has 0 bridgehead atoms. The summed E-state index contributed by atoms with van der Waals surface area (Å²) in [5, 5.41) is 4.50. The second-order valence-electron chi connectivity index (χ2n) is 6.78. The number of carbonyl (C=O) groups excluding carboxylic acids is 2. The molecule has 0 aliphatic heterocycles. The minimum atomic E-state index is -0.616. The molecule has 0 spiro atoms. The molecule has 0 atom stereocenters. The number of esters is 1. The van der Waals surface area contributed by atoms with Gasteiger partial charge in [0.05, 0.1) is 28.9 Å². The monoisotopic (exact) mass is 486 g/mol. The second-order valence-corrected chi connectivity index (χ2v) is 7.59. The molecular formula is C24H20Cl2N2O5. The number of para-hydroxylation sites is 1. The summed E-state index contributed by atoms with van der Waals surface area (Å²) in [5.41, 5.74) is 4.18. The van der Waals surface area contributed by atoms with Crippen LogP contribution in [-0.4, -0.2) is 31.8 Å². The Morgan fingerprint density at radius 1 is 0.970 bits per heavy atom. The molecule has 33 heavy (non-hydrogen) atoms. The highest BCUT2D eigenvalue weighted by Gasteiger charge is 2.14. The Morgan fingerprint density at radius 3 is 2.48 bits per heavy atom. The molecule has 0 aliphatic rings. The molecule has 3 aromatic rings. The standard InChI is InChI=1S/C24H20Cl2N2O5/c1-15-5-3-4-6-20(15)32-14-23(29)28-27-13-16-7-10-21(22(11-16)31-2)33-24(30)17-8-9-18(25)19(26)12-17/h3-13H,14H2,1-2H3,(H,28,29)/b27-13-. The SMILES string of the molecule is COc1cc(/C=N\NC(=O)COc2ccccc2C)ccc1OC(=O)c1ccc(Cl)c(Cl)c1. The highest BCUT2D eigenvalue weighted by molar-refractivity contribution is 6.42. The average Bonchev–Trinajstić information content (AvgIpc) is 2.81. The molecule has 1 amide bonds. The van der Waals surface area contributed by atoms with Crippen molar-refractivity contribution in [2.75, 3.05) is 13.7 Å². The van der Waals surface area contributed by atoms with E-state index in [-0.39, 0.29) is 22.9 Å². The minimum absolute atomic E-state index is 0.172. The van der Waals surface area contributed by atoms with Crippen molar-refractivity contribution in [1.82, 2.24) is 5.43 Å². The van der Waals surface area contributed by atoms with E-state index >= 15 is 0 Å². The summed E-state index contributed by atoms with van der Waals surface area (Å²) in [5.74, 6) is 0.123. The third kappa shape index (κ3) is 6.71. The minimum Gasteiger partial charge on any atom is -0.493 e. The fourth-order valence-corrected chi connectivity index (χ4v) is 3.00. The molecular weight excluding hydrogens is 467 g/mol. The summed E-state index contributed by atoms with van der Waals surface area (Å²) in [6, 6.07) is 16.7. The number of nitrogens with one attached hydrogen (secondary N) is 1. The highest BCUT2D eigenvalue weighted by Crippen LogP contribution is 2.29. The molecule has 7 nitrogen and oxygen atoms in total. The van der Waals surface area contributed by atoms with Gasteiger partial charge in [-0.25, -0.2) is 10.2 Å². The van der Waals surface area contributed by atoms with Gasteiger partial charge in [-0.05, 0) is 60.5 Å². The molecule has 3 rings (SSSR count). The van der Waals surface area contributed by atoms with E-state index in [9.17, 15) is 9.59 Å². The van der Waals surface area contributed by atoms with E-state index in [1.54, 1.807) is 24.3 Å². The van der Waals surface area contributed by atoms with Crippen LogP contribution in [0.4, 0.5) is 0 Å². The molecule has 9 heteroatoms. The van der Waals surface area contributed by atoms with Crippen molar-refractivity contribution in [3.8, 4) is 17.2 Å². The quantitative estimate of drug-likeness (QED) is 0.208. The Labute approximate surface area is 200 Å². The predicted octanol–water partition coefficient (Wildman–Crippen LogP) is 5.06. The summed E-state index contributed by atoms with van der Waals surface area (Å²) in [7, 11) is 1.44. The molecule has 1 N–H and O–H groups in total. The van der Waals surface area contributed by atoms with E-state index in [4.69, 9.17) is 37.4 Å². The van der Waals surface area contributed by atoms with Crippen LogP contribution in [0.5, 0.6) is 17.2 Å². The molecule has 0 heterocycles. The van der Waals surface area contributed by atoms with E-state index in [2.05, 4.69) is 10.5 Å². The van der Waals surface area contributed by atoms with Crippen molar-refractivity contribution in [2.45, 2.75) is 6.92 Å². The van der Waals surface area contributed by atoms with Crippen molar-refractivity contribution < 1.29 is 23.8 Å². The first-order valence-corrected chi connectivity index (χ1v) is 10.5. The van der Waals surface area contributed by atoms with Crippen molar-refractivity contribution in [3.05, 3.63) is 87.4 Å². The largest absolute Gasteiger partial charge is 0.493 e. The number of ether oxygens (including phenoxy) is 3. The maximum atomic E-state index is 12.4.